The molecule has 2 N–H and O–H groups in total. The predicted molar refractivity (Wildman–Crippen MR) is 128 cm³/mol. The minimum atomic E-state index is -3.84. The molecule has 0 spiro atoms. The average molecular weight is 489 g/mol. The topological polar surface area (TPSA) is 126 Å². The van der Waals surface area contributed by atoms with Crippen LogP contribution in [0.5, 0.6) is 0 Å². The predicted octanol–water partition coefficient (Wildman–Crippen LogP) is 2.98. The van der Waals surface area contributed by atoms with Crippen molar-refractivity contribution in [3.05, 3.63) is 78.6 Å². The number of amides is 1. The highest BCUT2D eigenvalue weighted by molar-refractivity contribution is 7.92. The van der Waals surface area contributed by atoms with Crippen molar-refractivity contribution in [1.82, 2.24) is 4.98 Å². The van der Waals surface area contributed by atoms with Crippen LogP contribution in [0.2, 0.25) is 0 Å². The van der Waals surface area contributed by atoms with Gasteiger partial charge in [0.15, 0.2) is 0 Å². The monoisotopic (exact) mass is 488 g/mol. The lowest BCUT2D eigenvalue weighted by atomic mass is 10.2. The molecule has 1 unspecified atom stereocenters. The van der Waals surface area contributed by atoms with Crippen LogP contribution in [0, 0.1) is 6.92 Å². The van der Waals surface area contributed by atoms with Crippen LogP contribution in [0.1, 0.15) is 12.5 Å². The van der Waals surface area contributed by atoms with Crippen molar-refractivity contribution >= 4 is 43.0 Å². The van der Waals surface area contributed by atoms with Crippen LogP contribution in [-0.2, 0) is 24.8 Å². The first-order valence-electron chi connectivity index (χ1n) is 9.87. The molecule has 0 bridgehead atoms. The molecule has 1 heterocycles. The van der Waals surface area contributed by atoms with Gasteiger partial charge in [0.25, 0.3) is 10.0 Å². The van der Waals surface area contributed by atoms with Gasteiger partial charge in [-0.05, 0) is 62.4 Å². The largest absolute Gasteiger partial charge is 0.324 e. The minimum Gasteiger partial charge on any atom is -0.324 e. The molecule has 0 aliphatic rings. The van der Waals surface area contributed by atoms with E-state index in [0.29, 0.717) is 17.1 Å². The van der Waals surface area contributed by atoms with E-state index in [1.54, 1.807) is 36.4 Å². The quantitative estimate of drug-likeness (QED) is 0.502. The van der Waals surface area contributed by atoms with Gasteiger partial charge in [-0.1, -0.05) is 17.7 Å². The summed E-state index contributed by atoms with van der Waals surface area (Å²) >= 11 is 0. The summed E-state index contributed by atoms with van der Waals surface area (Å²) in [7, 11) is -7.58. The maximum absolute atomic E-state index is 12.8. The number of anilines is 3. The van der Waals surface area contributed by atoms with Crippen molar-refractivity contribution in [3.63, 3.8) is 0 Å². The van der Waals surface area contributed by atoms with E-state index in [-0.39, 0.29) is 4.90 Å². The van der Waals surface area contributed by atoms with E-state index in [2.05, 4.69) is 15.0 Å². The molecule has 0 aliphatic carbocycles. The Morgan fingerprint density at radius 1 is 0.939 bits per heavy atom. The molecule has 0 aliphatic heterocycles. The van der Waals surface area contributed by atoms with Crippen molar-refractivity contribution in [1.29, 1.82) is 0 Å². The molecule has 1 aromatic heterocycles. The number of nitrogens with zero attached hydrogens (tertiary/aromatic N) is 2. The normalized spacial score (nSPS) is 12.6. The van der Waals surface area contributed by atoms with Gasteiger partial charge in [0.1, 0.15) is 6.04 Å². The lowest BCUT2D eigenvalue weighted by Crippen LogP contribution is -2.45. The molecule has 174 valence electrons. The van der Waals surface area contributed by atoms with Crippen LogP contribution < -0.4 is 14.3 Å². The highest BCUT2D eigenvalue weighted by atomic mass is 32.2. The third-order valence-electron chi connectivity index (χ3n) is 4.72. The van der Waals surface area contributed by atoms with Gasteiger partial charge in [-0.2, -0.15) is 0 Å². The minimum absolute atomic E-state index is 0.00480. The third kappa shape index (κ3) is 6.08. The van der Waals surface area contributed by atoms with Gasteiger partial charge in [0.2, 0.25) is 15.9 Å². The lowest BCUT2D eigenvalue weighted by molar-refractivity contribution is -0.116. The molecule has 2 aromatic carbocycles. The van der Waals surface area contributed by atoms with Crippen molar-refractivity contribution < 1.29 is 21.6 Å². The molecular weight excluding hydrogens is 464 g/mol. The van der Waals surface area contributed by atoms with Crippen LogP contribution in [0.15, 0.2) is 78.0 Å². The highest BCUT2D eigenvalue weighted by Gasteiger charge is 2.29. The van der Waals surface area contributed by atoms with Crippen LogP contribution in [0.4, 0.5) is 17.1 Å². The SMILES string of the molecule is Cc1ccc(N(C(C)C(=O)Nc2ccc(S(=O)(=O)Nc3cccnc3)cc2)S(C)(=O)=O)cc1. The molecule has 3 rings (SSSR count). The summed E-state index contributed by atoms with van der Waals surface area (Å²) in [5, 5.41) is 2.63. The van der Waals surface area contributed by atoms with Gasteiger partial charge >= 0.3 is 0 Å². The number of rotatable bonds is 8. The van der Waals surface area contributed by atoms with Crippen molar-refractivity contribution in [3.8, 4) is 0 Å². The zero-order valence-corrected chi connectivity index (χ0v) is 19.9. The lowest BCUT2D eigenvalue weighted by Gasteiger charge is -2.28. The number of aryl methyl sites for hydroxylation is 1. The molecule has 1 atom stereocenters. The molecular formula is C22H24N4O5S2. The van der Waals surface area contributed by atoms with Crippen LogP contribution in [0.25, 0.3) is 0 Å². The van der Waals surface area contributed by atoms with E-state index < -0.39 is 32.0 Å². The van der Waals surface area contributed by atoms with Crippen LogP contribution in [0.3, 0.4) is 0 Å². The molecule has 0 saturated carbocycles. The number of carbonyl (C=O) groups excluding carboxylic acids is 1. The Morgan fingerprint density at radius 2 is 1.58 bits per heavy atom. The number of nitrogens with one attached hydrogen (secondary N) is 2. The zero-order valence-electron chi connectivity index (χ0n) is 18.3. The number of pyridine rings is 1. The number of hydrogen-bond acceptors (Lipinski definition) is 6. The fourth-order valence-corrected chi connectivity index (χ4v) is 5.32. The molecule has 9 nitrogen and oxygen atoms in total. The van der Waals surface area contributed by atoms with Gasteiger partial charge in [0.05, 0.1) is 28.7 Å². The fraction of sp³-hybridized carbons (Fsp3) is 0.182. The summed E-state index contributed by atoms with van der Waals surface area (Å²) in [4.78, 5) is 16.7. The second-order valence-corrected chi connectivity index (χ2v) is 11.0. The molecule has 3 aromatic rings. The van der Waals surface area contributed by atoms with E-state index >= 15 is 0 Å². The van der Waals surface area contributed by atoms with E-state index in [1.165, 1.54) is 43.6 Å². The van der Waals surface area contributed by atoms with Crippen LogP contribution in [-0.4, -0.2) is 40.0 Å². The summed E-state index contributed by atoms with van der Waals surface area (Å²) in [5.74, 6) is -0.565. The van der Waals surface area contributed by atoms with Gasteiger partial charge in [-0.3, -0.25) is 18.8 Å². The Balaban J connectivity index is 1.76. The molecule has 0 radical (unpaired) electrons. The maximum Gasteiger partial charge on any atom is 0.261 e. The molecule has 0 saturated heterocycles. The summed E-state index contributed by atoms with van der Waals surface area (Å²) in [6, 6.07) is 14.5. The number of benzene rings is 2. The van der Waals surface area contributed by atoms with Gasteiger partial charge in [-0.25, -0.2) is 16.8 Å². The zero-order chi connectivity index (χ0) is 24.2. The average Bonchev–Trinajstić information content (AvgIpc) is 2.75. The summed E-state index contributed by atoms with van der Waals surface area (Å²) in [6.07, 6.45) is 3.95. The number of carbonyl (C=O) groups is 1. The Kier molecular flexibility index (Phi) is 7.04. The van der Waals surface area contributed by atoms with Gasteiger partial charge in [0, 0.05) is 11.9 Å². The van der Waals surface area contributed by atoms with Gasteiger partial charge in [-0.15, -0.1) is 0 Å². The van der Waals surface area contributed by atoms with E-state index in [9.17, 15) is 21.6 Å². The molecule has 11 heteroatoms. The van der Waals surface area contributed by atoms with Gasteiger partial charge < -0.3 is 5.32 Å². The first kappa shape index (κ1) is 24.2. The Labute approximate surface area is 193 Å². The second-order valence-electron chi connectivity index (χ2n) is 7.43. The summed E-state index contributed by atoms with van der Waals surface area (Å²) in [6.45, 7) is 3.35. The third-order valence-corrected chi connectivity index (χ3v) is 7.36. The Morgan fingerprint density at radius 3 is 2.12 bits per heavy atom. The number of hydrogen-bond donors (Lipinski definition) is 2. The van der Waals surface area contributed by atoms with Crippen LogP contribution >= 0.6 is 0 Å². The molecule has 33 heavy (non-hydrogen) atoms. The maximum atomic E-state index is 12.8. The molecule has 0 fully saturated rings. The van der Waals surface area contributed by atoms with E-state index in [0.717, 1.165) is 16.1 Å². The first-order valence-corrected chi connectivity index (χ1v) is 13.2. The standard InChI is InChI=1S/C22H24N4O5S2/c1-16-6-10-20(11-7-16)26(32(3,28)29)17(2)22(27)24-18-8-12-21(13-9-18)33(30,31)25-19-5-4-14-23-15-19/h4-15,17,25H,1-3H3,(H,24,27). The first-order chi connectivity index (χ1) is 15.5. The van der Waals surface area contributed by atoms with Crippen molar-refractivity contribution in [2.24, 2.45) is 0 Å². The second kappa shape index (κ2) is 9.59. The van der Waals surface area contributed by atoms with E-state index in [1.807, 2.05) is 6.92 Å². The van der Waals surface area contributed by atoms with Crippen molar-refractivity contribution in [2.45, 2.75) is 24.8 Å². The summed E-state index contributed by atoms with van der Waals surface area (Å²) in [5.41, 5.74) is 1.97. The summed E-state index contributed by atoms with van der Waals surface area (Å²) < 4.78 is 53.3. The van der Waals surface area contributed by atoms with Crippen molar-refractivity contribution in [2.75, 3.05) is 20.6 Å². The number of aromatic nitrogens is 1. The Hall–Kier alpha value is -3.44. The Bertz CT molecular complexity index is 1330. The highest BCUT2D eigenvalue weighted by Crippen LogP contribution is 2.23. The smallest absolute Gasteiger partial charge is 0.261 e. The molecule has 1 amide bonds. The number of sulfonamides is 2. The fourth-order valence-electron chi connectivity index (χ4n) is 3.10. The van der Waals surface area contributed by atoms with E-state index in [4.69, 9.17) is 0 Å².